The lowest BCUT2D eigenvalue weighted by atomic mass is 10.0. The van der Waals surface area contributed by atoms with Crippen molar-refractivity contribution in [1.82, 2.24) is 77.6 Å². The number of amides is 5. The van der Waals surface area contributed by atoms with Gasteiger partial charge in [0.1, 0.15) is 63.3 Å². The van der Waals surface area contributed by atoms with Crippen molar-refractivity contribution in [1.29, 1.82) is 0 Å². The number of aliphatic hydroxyl groups excluding tert-OH is 1. The minimum Gasteiger partial charge on any atom is -0.496 e. The van der Waals surface area contributed by atoms with Crippen LogP contribution in [-0.2, 0) is 20.8 Å². The molecule has 732 valence electrons. The zero-order valence-electron chi connectivity index (χ0n) is 79.4. The number of aliphatic hydroxyl groups is 1. The number of cyclic esters (lactones) is 1. The normalized spacial score (nSPS) is 14.0. The van der Waals surface area contributed by atoms with Gasteiger partial charge in [-0.1, -0.05) is 140 Å². The van der Waals surface area contributed by atoms with Gasteiger partial charge >= 0.3 is 5.97 Å². The number of benzene rings is 12. The number of aromatic nitrogens is 10. The largest absolute Gasteiger partial charge is 0.496 e. The molecule has 10 aromatic heterocycles. The summed E-state index contributed by atoms with van der Waals surface area (Å²) in [5, 5.41) is 73.5. The fraction of sp³-hybridized carbons (Fsp3) is 0.170. The second-order valence-corrected chi connectivity index (χ2v) is 39.3. The van der Waals surface area contributed by atoms with Gasteiger partial charge in [0.05, 0.1) is 154 Å². The molecule has 2 aliphatic heterocycles. The van der Waals surface area contributed by atoms with Crippen LogP contribution < -0.4 is 50.3 Å². The molecule has 0 radical (unpaired) electrons. The topological polar surface area (TPSA) is 404 Å². The van der Waals surface area contributed by atoms with Gasteiger partial charge in [-0.25, -0.2) is 4.79 Å². The van der Waals surface area contributed by atoms with E-state index in [-0.39, 0.29) is 42.2 Å². The number of esters is 1. The lowest BCUT2D eigenvalue weighted by Gasteiger charge is -2.18. The van der Waals surface area contributed by atoms with Crippen LogP contribution in [-0.4, -0.2) is 172 Å². The first kappa shape index (κ1) is 95.3. The highest BCUT2D eigenvalue weighted by Gasteiger charge is 2.33. The summed E-state index contributed by atoms with van der Waals surface area (Å²) in [7, 11) is 7.73. The second kappa shape index (κ2) is 42.3. The Hall–Kier alpha value is -16.9. The van der Waals surface area contributed by atoms with Crippen LogP contribution in [0.1, 0.15) is 101 Å². The zero-order chi connectivity index (χ0) is 100. The Balaban J connectivity index is 0.000000107. The van der Waals surface area contributed by atoms with E-state index in [0.717, 1.165) is 162 Å². The van der Waals surface area contributed by atoms with Crippen LogP contribution >= 0.6 is 45.3 Å². The van der Waals surface area contributed by atoms with E-state index in [4.69, 9.17) is 37.6 Å². The Labute approximate surface area is 849 Å². The molecular formula is C112H95N15O15S4. The molecule has 3 aliphatic rings. The van der Waals surface area contributed by atoms with Gasteiger partial charge < -0.3 is 69.3 Å². The molecule has 1 aliphatic carbocycles. The molecular weight excluding hydrogens is 1920 g/mol. The lowest BCUT2D eigenvalue weighted by Crippen LogP contribution is -2.38. The van der Waals surface area contributed by atoms with Crippen molar-refractivity contribution >= 4 is 186 Å². The number of rotatable bonds is 24. The number of nitrogens with zero attached hydrogens (tertiary/aromatic N) is 5. The van der Waals surface area contributed by atoms with Gasteiger partial charge in [-0.3, -0.25) is 49.5 Å². The Morgan fingerprint density at radius 2 is 0.781 bits per heavy atom. The van der Waals surface area contributed by atoms with Crippen molar-refractivity contribution in [3.8, 4) is 82.3 Å². The Morgan fingerprint density at radius 3 is 1.17 bits per heavy atom. The molecule has 0 spiro atoms. The minimum absolute atomic E-state index is 0.0882. The molecule has 30 nitrogen and oxygen atoms in total. The quantitative estimate of drug-likeness (QED) is 0.0250. The SMILES string of the molecule is COc1cc2[nH]nc(-c3cc4ccccc4s3)c2cc1C(=O)NC1CC1.COc1cc2[nH]nc(-c3cc4ccccc4s3)c2cc1C(=O)NC1CCOC1=O.COc1cc2[nH]nc(-c3cc4ccccc4s3)c2cc1C(=O)NCc1ccco1.COc1cc2[nH]nc(-c3cc4ccccc4s3)c2cc1C(=O)N[C@H](CO)c1ccccc1.COc1cc2[nH]nc(-c3ccc4ccccc4c3)c2cc1C(=O)NCC1CCCO1. The fourth-order valence-electron chi connectivity index (χ4n) is 17.9. The third kappa shape index (κ3) is 20.1. The molecule has 2 unspecified atom stereocenters. The van der Waals surface area contributed by atoms with Gasteiger partial charge in [0.15, 0.2) is 0 Å². The van der Waals surface area contributed by atoms with Crippen LogP contribution in [0.3, 0.4) is 0 Å². The molecule has 146 heavy (non-hydrogen) atoms. The molecule has 0 bridgehead atoms. The average Bonchev–Trinajstić information content (AvgIpc) is 1.62. The van der Waals surface area contributed by atoms with E-state index in [1.807, 2.05) is 127 Å². The molecule has 22 aromatic rings. The van der Waals surface area contributed by atoms with Gasteiger partial charge in [-0.2, -0.15) is 25.5 Å². The van der Waals surface area contributed by atoms with Crippen LogP contribution in [0.2, 0.25) is 0 Å². The number of H-pyrrole nitrogens is 5. The summed E-state index contributed by atoms with van der Waals surface area (Å²) in [6.45, 7) is 1.68. The van der Waals surface area contributed by atoms with Crippen molar-refractivity contribution in [3.63, 3.8) is 0 Å². The molecule has 1 saturated carbocycles. The molecule has 3 fully saturated rings. The van der Waals surface area contributed by atoms with E-state index in [9.17, 15) is 33.9 Å². The van der Waals surface area contributed by atoms with Gasteiger partial charge in [-0.15, -0.1) is 45.3 Å². The lowest BCUT2D eigenvalue weighted by molar-refractivity contribution is -0.139. The number of carbonyl (C=O) groups is 6. The van der Waals surface area contributed by atoms with E-state index >= 15 is 0 Å². The van der Waals surface area contributed by atoms with Crippen LogP contribution in [0.4, 0.5) is 0 Å². The summed E-state index contributed by atoms with van der Waals surface area (Å²) < 4.78 is 47.8. The van der Waals surface area contributed by atoms with Crippen LogP contribution in [0.5, 0.6) is 28.7 Å². The van der Waals surface area contributed by atoms with E-state index in [2.05, 4.69) is 181 Å². The van der Waals surface area contributed by atoms with Crippen LogP contribution in [0.25, 0.3) is 159 Å². The van der Waals surface area contributed by atoms with Crippen molar-refractivity contribution < 1.29 is 71.4 Å². The number of fused-ring (bicyclic) bond motifs is 10. The summed E-state index contributed by atoms with van der Waals surface area (Å²) in [5.74, 6) is 1.49. The van der Waals surface area contributed by atoms with Gasteiger partial charge in [0, 0.05) is 107 Å². The first-order valence-electron chi connectivity index (χ1n) is 47.2. The maximum Gasteiger partial charge on any atom is 0.328 e. The Morgan fingerprint density at radius 1 is 0.390 bits per heavy atom. The monoisotopic (exact) mass is 2020 g/mol. The number of ether oxygens (including phenoxy) is 7. The van der Waals surface area contributed by atoms with Crippen molar-refractivity contribution in [3.05, 3.63) is 312 Å². The average molecular weight is 2020 g/mol. The Kier molecular flexibility index (Phi) is 27.6. The number of nitrogens with one attached hydrogen (secondary N) is 10. The highest BCUT2D eigenvalue weighted by atomic mass is 32.1. The number of methoxy groups -OCH3 is 5. The van der Waals surface area contributed by atoms with E-state index in [1.165, 1.54) is 49.2 Å². The van der Waals surface area contributed by atoms with Gasteiger partial charge in [0.25, 0.3) is 29.5 Å². The summed E-state index contributed by atoms with van der Waals surface area (Å²) in [5.41, 5.74) is 12.2. The van der Waals surface area contributed by atoms with Crippen molar-refractivity contribution in [2.45, 2.75) is 62.9 Å². The third-order valence-electron chi connectivity index (χ3n) is 25.7. The second-order valence-electron chi connectivity index (χ2n) is 35.0. The number of hydrogen-bond acceptors (Lipinski definition) is 24. The summed E-state index contributed by atoms with van der Waals surface area (Å²) in [6, 6.07) is 86.1. The first-order valence-corrected chi connectivity index (χ1v) is 50.5. The maximum absolute atomic E-state index is 13.2. The number of aromatic amines is 5. The van der Waals surface area contributed by atoms with Gasteiger partial charge in [-0.05, 0) is 161 Å². The molecule has 12 heterocycles. The summed E-state index contributed by atoms with van der Waals surface area (Å²) >= 11 is 6.68. The number of carbonyl (C=O) groups excluding carboxylic acids is 6. The van der Waals surface area contributed by atoms with E-state index < -0.39 is 18.1 Å². The smallest absolute Gasteiger partial charge is 0.328 e. The molecule has 11 N–H and O–H groups in total. The molecule has 2 saturated heterocycles. The van der Waals surface area contributed by atoms with E-state index in [0.29, 0.717) is 94.5 Å². The molecule has 3 atom stereocenters. The molecule has 12 aromatic carbocycles. The summed E-state index contributed by atoms with van der Waals surface area (Å²) in [6.07, 6.45) is 6.25. The molecule has 34 heteroatoms. The number of furan rings is 1. The Bertz CT molecular complexity index is 8530. The number of hydrogen-bond donors (Lipinski definition) is 11. The maximum atomic E-state index is 13.2. The predicted molar refractivity (Wildman–Crippen MR) is 572 cm³/mol. The van der Waals surface area contributed by atoms with Gasteiger partial charge in [0.2, 0.25) is 0 Å². The van der Waals surface area contributed by atoms with Crippen LogP contribution in [0, 0.1) is 0 Å². The number of thiophene rings is 4. The van der Waals surface area contributed by atoms with E-state index in [1.54, 1.807) is 109 Å². The minimum atomic E-state index is -0.630. The first-order chi connectivity index (χ1) is 71.5. The van der Waals surface area contributed by atoms with Crippen molar-refractivity contribution in [2.24, 2.45) is 0 Å². The zero-order valence-corrected chi connectivity index (χ0v) is 82.7. The van der Waals surface area contributed by atoms with Crippen molar-refractivity contribution in [2.75, 3.05) is 61.9 Å². The third-order valence-corrected chi connectivity index (χ3v) is 30.1. The fourth-order valence-corrected chi connectivity index (χ4v) is 22.2. The molecule has 25 rings (SSSR count). The van der Waals surface area contributed by atoms with Crippen LogP contribution in [0.15, 0.2) is 278 Å². The highest BCUT2D eigenvalue weighted by Crippen LogP contribution is 2.45. The standard InChI is InChI=1S/C25H21N3O3S.C24H23N3O3.C22H17N3O3S.C21H17N3O4S.C20H17N3O2S/c1-31-21-13-19-17(24(28-27-19)23-11-16-9-5-6-10-22(16)32-23)12-18(21)25(30)26-20(14-29)15-7-3-2-4-8-15;1-29-22-13-21-19(12-20(22)24(28)25-14-18-7-4-10-30-18)23(27-26-21)17-9-8-15-5-2-3-6-16(15)11-17;1-27-18-11-17-15(10-16(18)22(26)23-12-14-6-4-8-28-14)21(25-24-17)20-9-13-5-2-3-7-19(13)29-20;1-27-16-10-15-12(9-13(16)20(25)22-14-6-7-28-21(14)26)19(24-23-15)18-8-11-4-2-3-5-17(11)29-18;1-25-16-10-15-13(9-14(16)20(24)21-12-6-7-12)19(23-22-15)18-8-11-4-2-3-5-17(11)26-18/h2-13,20,29H,14H2,1H3,(H,26,30)(H,27,28);2-3,5-6,8-9,11-13,18H,4,7,10,14H2,1H3,(H,25,28)(H,26,27);2-11H,12H2,1H3,(H,23,26)(H,24,25);2-5,8-10,14H,6-7H2,1H3,(H,22,25)(H,23,24);2-5,8-10,12H,6-7H2,1H3,(H,21,24)(H,22,23)/t20-;;;;/m1..../s1. The highest BCUT2D eigenvalue weighted by molar-refractivity contribution is 7.23. The molecule has 5 amide bonds. The summed E-state index contributed by atoms with van der Waals surface area (Å²) in [4.78, 5) is 80.2. The predicted octanol–water partition coefficient (Wildman–Crippen LogP) is 22.0.